The minimum atomic E-state index is -4.65. The molecule has 0 atom stereocenters. The second kappa shape index (κ2) is 7.36. The van der Waals surface area contributed by atoms with Crippen LogP contribution < -0.4 is 10.9 Å². The molecule has 2 heterocycles. The Morgan fingerprint density at radius 1 is 1.22 bits per heavy atom. The lowest BCUT2D eigenvalue weighted by molar-refractivity contribution is -0.137. The number of carbonyl (C=O) groups is 1. The lowest BCUT2D eigenvalue weighted by atomic mass is 9.73. The molecule has 2 N–H and O–H groups in total. The smallest absolute Gasteiger partial charge is 0.381 e. The summed E-state index contributed by atoms with van der Waals surface area (Å²) >= 11 is 6.04. The molecule has 0 saturated carbocycles. The van der Waals surface area contributed by atoms with Crippen molar-refractivity contribution in [1.29, 1.82) is 0 Å². The molecule has 27 heavy (non-hydrogen) atoms. The van der Waals surface area contributed by atoms with Crippen LogP contribution in [0.2, 0.25) is 5.02 Å². The third-order valence-corrected chi connectivity index (χ3v) is 4.87. The number of rotatable bonds is 3. The van der Waals surface area contributed by atoms with E-state index in [-0.39, 0.29) is 0 Å². The fourth-order valence-electron chi connectivity index (χ4n) is 3.14. The lowest BCUT2D eigenvalue weighted by Crippen LogP contribution is -2.45. The Morgan fingerprint density at radius 2 is 1.93 bits per heavy atom. The first-order valence-corrected chi connectivity index (χ1v) is 8.55. The Kier molecular flexibility index (Phi) is 5.30. The van der Waals surface area contributed by atoms with Crippen LogP contribution in [0.1, 0.15) is 24.0 Å². The molecule has 1 fully saturated rings. The van der Waals surface area contributed by atoms with Crippen molar-refractivity contribution >= 4 is 23.2 Å². The summed E-state index contributed by atoms with van der Waals surface area (Å²) in [6.07, 6.45) is -3.45. The second-order valence-electron chi connectivity index (χ2n) is 6.29. The van der Waals surface area contributed by atoms with Crippen LogP contribution in [0.3, 0.4) is 0 Å². The van der Waals surface area contributed by atoms with E-state index in [9.17, 15) is 22.8 Å². The Labute approximate surface area is 157 Å². The largest absolute Gasteiger partial charge is 0.417 e. The highest BCUT2D eigenvalue weighted by Crippen LogP contribution is 2.37. The standard InChI is InChI=1S/C18H16ClF3N2O3/c19-13-3-1-2-11(8-13)17(4-6-27-7-5-17)16(26)24-14-9-12(18(20,21)22)10-23-15(14)25/h1-3,8-10H,4-7H2,(H,23,25)(H,24,26). The van der Waals surface area contributed by atoms with Gasteiger partial charge in [0, 0.05) is 24.4 Å². The molecule has 5 nitrogen and oxygen atoms in total. The van der Waals surface area contributed by atoms with Crippen molar-refractivity contribution in [3.05, 3.63) is 63.0 Å². The van der Waals surface area contributed by atoms with Gasteiger partial charge in [-0.05, 0) is 36.6 Å². The van der Waals surface area contributed by atoms with Crippen LogP contribution in [0.15, 0.2) is 41.3 Å². The Bertz CT molecular complexity index is 905. The maximum atomic E-state index is 13.1. The number of hydrogen-bond acceptors (Lipinski definition) is 3. The molecule has 0 radical (unpaired) electrons. The van der Waals surface area contributed by atoms with Crippen LogP contribution in [0.5, 0.6) is 0 Å². The summed E-state index contributed by atoms with van der Waals surface area (Å²) in [6.45, 7) is 0.609. The second-order valence-corrected chi connectivity index (χ2v) is 6.72. The van der Waals surface area contributed by atoms with Crippen molar-refractivity contribution in [3.63, 3.8) is 0 Å². The fourth-order valence-corrected chi connectivity index (χ4v) is 3.33. The van der Waals surface area contributed by atoms with Crippen molar-refractivity contribution < 1.29 is 22.7 Å². The molecule has 0 bridgehead atoms. The van der Waals surface area contributed by atoms with Crippen LogP contribution in [-0.2, 0) is 21.1 Å². The maximum absolute atomic E-state index is 13.1. The number of alkyl halides is 3. The van der Waals surface area contributed by atoms with E-state index < -0.39 is 34.3 Å². The number of pyridine rings is 1. The molecule has 9 heteroatoms. The quantitative estimate of drug-likeness (QED) is 0.824. The van der Waals surface area contributed by atoms with Gasteiger partial charge in [-0.1, -0.05) is 23.7 Å². The van der Waals surface area contributed by atoms with Gasteiger partial charge in [0.05, 0.1) is 11.0 Å². The number of hydrogen-bond donors (Lipinski definition) is 2. The molecule has 1 aromatic heterocycles. The summed E-state index contributed by atoms with van der Waals surface area (Å²) in [5.74, 6) is -0.571. The van der Waals surface area contributed by atoms with Gasteiger partial charge in [-0.2, -0.15) is 13.2 Å². The molecule has 1 amide bonds. The number of anilines is 1. The van der Waals surface area contributed by atoms with Crippen molar-refractivity contribution in [1.82, 2.24) is 4.98 Å². The van der Waals surface area contributed by atoms with Crippen LogP contribution in [0, 0.1) is 0 Å². The normalized spacial score (nSPS) is 16.7. The average molecular weight is 401 g/mol. The van der Waals surface area contributed by atoms with E-state index in [1.165, 1.54) is 0 Å². The molecule has 1 aliphatic rings. The van der Waals surface area contributed by atoms with Gasteiger partial charge in [-0.15, -0.1) is 0 Å². The van der Waals surface area contributed by atoms with Crippen LogP contribution >= 0.6 is 11.6 Å². The predicted molar refractivity (Wildman–Crippen MR) is 93.9 cm³/mol. The minimum absolute atomic E-state index is 0.304. The molecule has 1 saturated heterocycles. The molecule has 0 unspecified atom stereocenters. The van der Waals surface area contributed by atoms with E-state index in [2.05, 4.69) is 5.32 Å². The zero-order chi connectivity index (χ0) is 19.7. The summed E-state index contributed by atoms with van der Waals surface area (Å²) in [6, 6.07) is 7.35. The van der Waals surface area contributed by atoms with E-state index in [1.54, 1.807) is 24.3 Å². The summed E-state index contributed by atoms with van der Waals surface area (Å²) in [5.41, 5.74) is -2.75. The van der Waals surface area contributed by atoms with Gasteiger partial charge in [0.1, 0.15) is 5.69 Å². The molecule has 144 valence electrons. The number of H-pyrrole nitrogens is 1. The third-order valence-electron chi connectivity index (χ3n) is 4.64. The van der Waals surface area contributed by atoms with Gasteiger partial charge >= 0.3 is 6.18 Å². The topological polar surface area (TPSA) is 71.2 Å². The van der Waals surface area contributed by atoms with Gasteiger partial charge in [-0.25, -0.2) is 0 Å². The SMILES string of the molecule is O=C(Nc1cc(C(F)(F)F)c[nH]c1=O)C1(c2cccc(Cl)c2)CCOCC1. The van der Waals surface area contributed by atoms with Crippen molar-refractivity contribution in [2.75, 3.05) is 18.5 Å². The zero-order valence-electron chi connectivity index (χ0n) is 14.0. The summed E-state index contributed by atoms with van der Waals surface area (Å²) in [7, 11) is 0. The number of carbonyl (C=O) groups excluding carboxylic acids is 1. The highest BCUT2D eigenvalue weighted by atomic mass is 35.5. The van der Waals surface area contributed by atoms with Crippen LogP contribution in [-0.4, -0.2) is 24.1 Å². The summed E-state index contributed by atoms with van der Waals surface area (Å²) in [5, 5.41) is 2.80. The Morgan fingerprint density at radius 3 is 2.56 bits per heavy atom. The van der Waals surface area contributed by atoms with E-state index in [0.717, 1.165) is 0 Å². The van der Waals surface area contributed by atoms with Crippen molar-refractivity contribution in [3.8, 4) is 0 Å². The Balaban J connectivity index is 1.98. The monoisotopic (exact) mass is 400 g/mol. The predicted octanol–water partition coefficient (Wildman–Crippen LogP) is 3.73. The first-order chi connectivity index (χ1) is 12.7. The minimum Gasteiger partial charge on any atom is -0.381 e. The highest BCUT2D eigenvalue weighted by molar-refractivity contribution is 6.30. The van der Waals surface area contributed by atoms with E-state index in [4.69, 9.17) is 16.3 Å². The number of aromatic amines is 1. The van der Waals surface area contributed by atoms with Crippen LogP contribution in [0.25, 0.3) is 0 Å². The zero-order valence-corrected chi connectivity index (χ0v) is 14.8. The van der Waals surface area contributed by atoms with E-state index in [0.29, 0.717) is 48.9 Å². The Hall–Kier alpha value is -2.32. The number of ether oxygens (including phenoxy) is 1. The first-order valence-electron chi connectivity index (χ1n) is 8.17. The van der Waals surface area contributed by atoms with Crippen molar-refractivity contribution in [2.45, 2.75) is 24.4 Å². The highest BCUT2D eigenvalue weighted by Gasteiger charge is 2.42. The fraction of sp³-hybridized carbons (Fsp3) is 0.333. The maximum Gasteiger partial charge on any atom is 0.417 e. The molecular formula is C18H16ClF3N2O3. The number of amides is 1. The summed E-state index contributed by atoms with van der Waals surface area (Å²) in [4.78, 5) is 27.0. The molecule has 1 aliphatic heterocycles. The molecule has 0 aliphatic carbocycles. The molecule has 1 aromatic carbocycles. The van der Waals surface area contributed by atoms with E-state index >= 15 is 0 Å². The molecule has 2 aromatic rings. The van der Waals surface area contributed by atoms with Gasteiger partial charge < -0.3 is 15.0 Å². The third kappa shape index (κ3) is 4.01. The molecule has 3 rings (SSSR count). The number of aromatic nitrogens is 1. The number of nitrogens with one attached hydrogen (secondary N) is 2. The van der Waals surface area contributed by atoms with Crippen molar-refractivity contribution in [2.24, 2.45) is 0 Å². The van der Waals surface area contributed by atoms with Gasteiger partial charge in [-0.3, -0.25) is 9.59 Å². The lowest BCUT2D eigenvalue weighted by Gasteiger charge is -2.36. The number of benzene rings is 1. The first kappa shape index (κ1) is 19.4. The van der Waals surface area contributed by atoms with Gasteiger partial charge in [0.15, 0.2) is 0 Å². The van der Waals surface area contributed by atoms with E-state index in [1.807, 2.05) is 4.98 Å². The molecule has 0 spiro atoms. The summed E-state index contributed by atoms with van der Waals surface area (Å²) < 4.78 is 44.1. The number of halogens is 4. The van der Waals surface area contributed by atoms with Gasteiger partial charge in [0.25, 0.3) is 5.56 Å². The van der Waals surface area contributed by atoms with Gasteiger partial charge in [0.2, 0.25) is 5.91 Å². The van der Waals surface area contributed by atoms with Crippen LogP contribution in [0.4, 0.5) is 18.9 Å². The molecular weight excluding hydrogens is 385 g/mol. The average Bonchev–Trinajstić information content (AvgIpc) is 2.63.